The van der Waals surface area contributed by atoms with Crippen LogP contribution in [0.25, 0.3) is 0 Å². The molecule has 0 bridgehead atoms. The summed E-state index contributed by atoms with van der Waals surface area (Å²) in [6, 6.07) is 3.05. The molecule has 0 aliphatic heterocycles. The van der Waals surface area contributed by atoms with Gasteiger partial charge in [-0.1, -0.05) is 45.4 Å². The van der Waals surface area contributed by atoms with Gasteiger partial charge >= 0.3 is 16.1 Å². The number of hydrogen-bond acceptors (Lipinski definition) is 6. The number of sulfonamides is 1. The fraction of sp³-hybridized carbons (Fsp3) is 0.400. The summed E-state index contributed by atoms with van der Waals surface area (Å²) in [5.74, 6) is -0.0929. The molecule has 0 spiro atoms. The van der Waals surface area contributed by atoms with Gasteiger partial charge in [0.1, 0.15) is 0 Å². The number of hydrogen-bond donors (Lipinski definition) is 3. The average Bonchev–Trinajstić information content (AvgIpc) is 2.61. The summed E-state index contributed by atoms with van der Waals surface area (Å²) in [6.45, 7) is 11.3. The Kier molecular flexibility index (Phi) is 7.14. The van der Waals surface area contributed by atoms with E-state index in [1.807, 2.05) is 51.5 Å². The molecule has 0 radical (unpaired) electrons. The lowest BCUT2D eigenvalue weighted by molar-refractivity contribution is -0.114. The molecule has 0 fully saturated rings. The zero-order chi connectivity index (χ0) is 22.6. The number of anilines is 2. The van der Waals surface area contributed by atoms with Gasteiger partial charge < -0.3 is 10.6 Å². The number of rotatable bonds is 6. The van der Waals surface area contributed by atoms with E-state index in [2.05, 4.69) is 20.6 Å². The number of urea groups is 1. The first-order valence-corrected chi connectivity index (χ1v) is 11.0. The zero-order valence-corrected chi connectivity index (χ0v) is 18.7. The summed E-state index contributed by atoms with van der Waals surface area (Å²) >= 11 is 0. The van der Waals surface area contributed by atoms with Gasteiger partial charge in [0.05, 0.1) is 18.1 Å². The van der Waals surface area contributed by atoms with Gasteiger partial charge in [-0.05, 0) is 29.9 Å². The molecule has 0 saturated heterocycles. The van der Waals surface area contributed by atoms with E-state index in [0.29, 0.717) is 5.69 Å². The largest absolute Gasteiger partial charge is 0.333 e. The molecule has 9 nitrogen and oxygen atoms in total. The first-order chi connectivity index (χ1) is 13.9. The predicted molar refractivity (Wildman–Crippen MR) is 115 cm³/mol. The molecule has 2 rings (SSSR count). The van der Waals surface area contributed by atoms with Gasteiger partial charge in [-0.2, -0.15) is 8.42 Å². The third kappa shape index (κ3) is 5.76. The minimum atomic E-state index is -4.30. The molecular weight excluding hydrogens is 406 g/mol. The van der Waals surface area contributed by atoms with Gasteiger partial charge in [-0.25, -0.2) is 19.5 Å². The Morgan fingerprint density at radius 1 is 0.933 bits per heavy atom. The minimum absolute atomic E-state index is 0.124. The highest BCUT2D eigenvalue weighted by Crippen LogP contribution is 2.33. The molecule has 1 aromatic heterocycles. The third-order valence-corrected chi connectivity index (χ3v) is 5.39. The molecular formula is C20H27N5O4S. The molecule has 0 unspecified atom stereocenters. The fourth-order valence-corrected chi connectivity index (χ4v) is 3.70. The van der Waals surface area contributed by atoms with Gasteiger partial charge in [-0.15, -0.1) is 0 Å². The Morgan fingerprint density at radius 2 is 1.43 bits per heavy atom. The van der Waals surface area contributed by atoms with Crippen molar-refractivity contribution in [1.29, 1.82) is 0 Å². The lowest BCUT2D eigenvalue weighted by Crippen LogP contribution is -2.36. The smallest absolute Gasteiger partial charge is 0.324 e. The molecule has 1 heterocycles. The van der Waals surface area contributed by atoms with E-state index >= 15 is 0 Å². The second-order valence-corrected chi connectivity index (χ2v) is 9.20. The van der Waals surface area contributed by atoms with Crippen molar-refractivity contribution in [2.24, 2.45) is 0 Å². The van der Waals surface area contributed by atoms with E-state index < -0.39 is 21.2 Å². The number of benzene rings is 1. The minimum Gasteiger partial charge on any atom is -0.324 e. The molecule has 1 aromatic carbocycles. The van der Waals surface area contributed by atoms with Crippen LogP contribution in [0.2, 0.25) is 0 Å². The number of nitrogens with zero attached hydrogens (tertiary/aromatic N) is 2. The van der Waals surface area contributed by atoms with Crippen molar-refractivity contribution in [3.05, 3.63) is 41.2 Å². The number of amides is 3. The highest BCUT2D eigenvalue weighted by atomic mass is 32.2. The maximum Gasteiger partial charge on any atom is 0.333 e. The van der Waals surface area contributed by atoms with Gasteiger partial charge in [-0.3, -0.25) is 4.79 Å². The van der Waals surface area contributed by atoms with Crippen LogP contribution in [0, 0.1) is 6.92 Å². The van der Waals surface area contributed by atoms with Gasteiger partial charge in [0.2, 0.25) is 5.91 Å². The van der Waals surface area contributed by atoms with Crippen LogP contribution in [-0.2, 0) is 14.8 Å². The second-order valence-electron chi connectivity index (χ2n) is 7.62. The number of nitrogens with one attached hydrogen (secondary N) is 3. The van der Waals surface area contributed by atoms with Crippen molar-refractivity contribution < 1.29 is 18.0 Å². The van der Waals surface area contributed by atoms with Crippen molar-refractivity contribution in [2.45, 2.75) is 58.5 Å². The summed E-state index contributed by atoms with van der Waals surface area (Å²) < 4.78 is 26.9. The van der Waals surface area contributed by atoms with Crippen LogP contribution in [0.15, 0.2) is 29.7 Å². The molecule has 2 aromatic rings. The van der Waals surface area contributed by atoms with Gasteiger partial charge in [0.25, 0.3) is 5.16 Å². The Labute approximate surface area is 176 Å². The fourth-order valence-electron chi connectivity index (χ4n) is 2.93. The maximum absolute atomic E-state index is 12.5. The molecule has 0 aliphatic carbocycles. The maximum atomic E-state index is 12.5. The molecule has 3 amide bonds. The van der Waals surface area contributed by atoms with E-state index in [-0.39, 0.29) is 23.4 Å². The zero-order valence-electron chi connectivity index (χ0n) is 17.9. The van der Waals surface area contributed by atoms with Crippen molar-refractivity contribution in [1.82, 2.24) is 14.7 Å². The second kappa shape index (κ2) is 9.21. The first-order valence-electron chi connectivity index (χ1n) is 9.48. The van der Waals surface area contributed by atoms with Crippen LogP contribution >= 0.6 is 0 Å². The van der Waals surface area contributed by atoms with Crippen molar-refractivity contribution in [3.63, 3.8) is 0 Å². The molecule has 0 aliphatic rings. The van der Waals surface area contributed by atoms with Crippen LogP contribution in [0.1, 0.15) is 63.1 Å². The predicted octanol–water partition coefficient (Wildman–Crippen LogP) is 3.50. The van der Waals surface area contributed by atoms with E-state index in [1.54, 1.807) is 0 Å². The molecule has 0 saturated carbocycles. The summed E-state index contributed by atoms with van der Waals surface area (Å²) in [4.78, 5) is 31.0. The van der Waals surface area contributed by atoms with Crippen LogP contribution in [-0.4, -0.2) is 30.3 Å². The molecule has 10 heteroatoms. The molecule has 0 atom stereocenters. The first kappa shape index (κ1) is 23.3. The highest BCUT2D eigenvalue weighted by molar-refractivity contribution is 7.89. The standard InChI is InChI=1S/C20H27N5O4S/c1-11(2)16-7-13(5)8-17(12(3)4)18(16)24-19(27)25-30(28,29)20-21-9-15(10-22-20)23-14(6)26/h7-12H,1-6H3,(H,23,26)(H2,24,25,27). The average molecular weight is 434 g/mol. The van der Waals surface area contributed by atoms with Crippen LogP contribution in [0.5, 0.6) is 0 Å². The van der Waals surface area contributed by atoms with Gasteiger partial charge in [0, 0.05) is 12.6 Å². The Bertz CT molecular complexity index is 1020. The number of aromatic nitrogens is 2. The molecule has 30 heavy (non-hydrogen) atoms. The summed E-state index contributed by atoms with van der Waals surface area (Å²) in [5, 5.41) is 4.55. The number of aryl methyl sites for hydroxylation is 1. The molecule has 3 N–H and O–H groups in total. The van der Waals surface area contributed by atoms with Crippen molar-refractivity contribution in [3.8, 4) is 0 Å². The van der Waals surface area contributed by atoms with E-state index in [1.165, 1.54) is 6.92 Å². The third-order valence-electron chi connectivity index (χ3n) is 4.24. The SMILES string of the molecule is CC(=O)Nc1cnc(S(=O)(=O)NC(=O)Nc2c(C(C)C)cc(C)cc2C(C)C)nc1. The van der Waals surface area contributed by atoms with Crippen LogP contribution < -0.4 is 15.4 Å². The normalized spacial score (nSPS) is 11.5. The van der Waals surface area contributed by atoms with Crippen molar-refractivity contribution >= 4 is 33.3 Å². The van der Waals surface area contributed by atoms with Crippen molar-refractivity contribution in [2.75, 3.05) is 10.6 Å². The molecule has 162 valence electrons. The van der Waals surface area contributed by atoms with E-state index in [9.17, 15) is 18.0 Å². The van der Waals surface area contributed by atoms with Crippen LogP contribution in [0.3, 0.4) is 0 Å². The lowest BCUT2D eigenvalue weighted by atomic mass is 9.90. The van der Waals surface area contributed by atoms with E-state index in [0.717, 1.165) is 29.1 Å². The quantitative estimate of drug-likeness (QED) is 0.598. The summed E-state index contributed by atoms with van der Waals surface area (Å²) in [5.41, 5.74) is 3.74. The summed E-state index contributed by atoms with van der Waals surface area (Å²) in [6.07, 6.45) is 2.29. The van der Waals surface area contributed by atoms with Gasteiger partial charge in [0.15, 0.2) is 0 Å². The number of carbonyl (C=O) groups excluding carboxylic acids is 2. The Morgan fingerprint density at radius 3 is 1.87 bits per heavy atom. The number of carbonyl (C=O) groups is 2. The highest BCUT2D eigenvalue weighted by Gasteiger charge is 2.23. The summed E-state index contributed by atoms with van der Waals surface area (Å²) in [7, 11) is -4.30. The Hall–Kier alpha value is -3.01. The Balaban J connectivity index is 2.27. The topological polar surface area (TPSA) is 130 Å². The van der Waals surface area contributed by atoms with E-state index in [4.69, 9.17) is 0 Å². The van der Waals surface area contributed by atoms with Crippen LogP contribution in [0.4, 0.5) is 16.2 Å². The lowest BCUT2D eigenvalue weighted by Gasteiger charge is -2.21. The monoisotopic (exact) mass is 433 g/mol.